The van der Waals surface area contributed by atoms with Crippen molar-refractivity contribution in [3.8, 4) is 0 Å². The van der Waals surface area contributed by atoms with E-state index in [4.69, 9.17) is 0 Å². The van der Waals surface area contributed by atoms with Crippen molar-refractivity contribution in [1.29, 1.82) is 0 Å². The van der Waals surface area contributed by atoms with Crippen LogP contribution in [0.15, 0.2) is 30.3 Å². The van der Waals surface area contributed by atoms with E-state index >= 15 is 0 Å². The molecule has 1 aliphatic heterocycles. The van der Waals surface area contributed by atoms with Crippen LogP contribution in [0.25, 0.3) is 0 Å². The minimum absolute atomic E-state index is 1.13. The molecule has 88 valence electrons. The third-order valence-electron chi connectivity index (χ3n) is 3.82. The van der Waals surface area contributed by atoms with E-state index in [1.54, 1.807) is 0 Å². The molecule has 1 aromatic rings. The topological polar surface area (TPSA) is 3.24 Å². The van der Waals surface area contributed by atoms with Crippen molar-refractivity contribution in [2.75, 3.05) is 27.2 Å². The highest BCUT2D eigenvalue weighted by Crippen LogP contribution is 2.23. The Balaban J connectivity index is 2.14. The number of hydrogen-bond donors (Lipinski definition) is 0. The molecule has 1 heterocycles. The van der Waals surface area contributed by atoms with E-state index in [1.807, 2.05) is 0 Å². The lowest BCUT2D eigenvalue weighted by Gasteiger charge is -2.45. The number of benzene rings is 1. The van der Waals surface area contributed by atoms with Gasteiger partial charge < -0.3 is 0 Å². The lowest BCUT2D eigenvalue weighted by atomic mass is 10.1. The summed E-state index contributed by atoms with van der Waals surface area (Å²) in [5.41, 5.74) is 1.46. The first kappa shape index (κ1) is 11.6. The fourth-order valence-corrected chi connectivity index (χ4v) is 2.72. The van der Waals surface area contributed by atoms with Crippen LogP contribution in [0.1, 0.15) is 24.8 Å². The Labute approximate surface area is 99.0 Å². The molecule has 2 rings (SSSR count). The smallest absolute Gasteiger partial charge is 0.122 e. The predicted molar refractivity (Wildman–Crippen MR) is 67.7 cm³/mol. The average Bonchev–Trinajstić information content (AvgIpc) is 2.31. The third kappa shape index (κ3) is 2.45. The van der Waals surface area contributed by atoms with Gasteiger partial charge in [-0.15, -0.1) is 0 Å². The first-order valence-corrected chi connectivity index (χ1v) is 6.31. The first-order chi connectivity index (χ1) is 7.73. The van der Waals surface area contributed by atoms with Gasteiger partial charge in [-0.25, -0.2) is 4.59 Å². The molecule has 0 unspecified atom stereocenters. The summed E-state index contributed by atoms with van der Waals surface area (Å²) in [7, 11) is 4.43. The van der Waals surface area contributed by atoms with Crippen molar-refractivity contribution in [3.05, 3.63) is 35.9 Å². The third-order valence-corrected chi connectivity index (χ3v) is 3.82. The SMILES string of the molecule is CN(C)[N+]1(Cc2ccccc2)CCCCC1. The maximum Gasteiger partial charge on any atom is 0.122 e. The molecule has 0 bridgehead atoms. The molecule has 16 heavy (non-hydrogen) atoms. The van der Waals surface area contributed by atoms with Crippen LogP contribution < -0.4 is 0 Å². The van der Waals surface area contributed by atoms with Crippen LogP contribution in [0.5, 0.6) is 0 Å². The van der Waals surface area contributed by atoms with Gasteiger partial charge in [0.05, 0.1) is 13.1 Å². The lowest BCUT2D eigenvalue weighted by Crippen LogP contribution is -2.58. The Morgan fingerprint density at radius 2 is 1.62 bits per heavy atom. The standard InChI is InChI=1S/C14H23N2/c1-15(2)16(11-7-4-8-12-16)13-14-9-5-3-6-10-14/h3,5-6,9-10H,4,7-8,11-13H2,1-2H3/q+1. The lowest BCUT2D eigenvalue weighted by molar-refractivity contribution is -1.04. The molecule has 0 saturated carbocycles. The zero-order valence-electron chi connectivity index (χ0n) is 10.5. The van der Waals surface area contributed by atoms with Gasteiger partial charge in [0.15, 0.2) is 0 Å². The monoisotopic (exact) mass is 219 g/mol. The number of rotatable bonds is 3. The van der Waals surface area contributed by atoms with E-state index in [1.165, 1.54) is 37.9 Å². The van der Waals surface area contributed by atoms with Crippen molar-refractivity contribution < 1.29 is 4.59 Å². The van der Waals surface area contributed by atoms with E-state index in [0.717, 1.165) is 11.1 Å². The summed E-state index contributed by atoms with van der Waals surface area (Å²) in [5.74, 6) is 0. The Hall–Kier alpha value is -0.860. The van der Waals surface area contributed by atoms with Crippen LogP contribution in [0, 0.1) is 0 Å². The van der Waals surface area contributed by atoms with Crippen LogP contribution >= 0.6 is 0 Å². The Morgan fingerprint density at radius 3 is 2.19 bits per heavy atom. The minimum Gasteiger partial charge on any atom is -0.240 e. The van der Waals surface area contributed by atoms with Gasteiger partial charge in [-0.1, -0.05) is 30.3 Å². The first-order valence-electron chi connectivity index (χ1n) is 6.31. The number of likely N-dealkylation sites (tertiary alicyclic amines) is 1. The molecular weight excluding hydrogens is 196 g/mol. The van der Waals surface area contributed by atoms with Crippen molar-refractivity contribution in [2.45, 2.75) is 25.8 Å². The minimum atomic E-state index is 1.13. The number of nitrogens with zero attached hydrogens (tertiary/aromatic N) is 2. The molecule has 1 aliphatic rings. The molecule has 1 saturated heterocycles. The Bertz CT molecular complexity index is 313. The van der Waals surface area contributed by atoms with Gasteiger partial charge in [0.2, 0.25) is 0 Å². The van der Waals surface area contributed by atoms with Crippen LogP contribution in [-0.4, -0.2) is 36.8 Å². The second-order valence-corrected chi connectivity index (χ2v) is 5.09. The van der Waals surface area contributed by atoms with Gasteiger partial charge in [0.1, 0.15) is 6.54 Å². The fourth-order valence-electron chi connectivity index (χ4n) is 2.72. The van der Waals surface area contributed by atoms with Crippen LogP contribution in [0.4, 0.5) is 0 Å². The maximum absolute atomic E-state index is 2.40. The molecule has 2 nitrogen and oxygen atoms in total. The highest BCUT2D eigenvalue weighted by Gasteiger charge is 2.32. The largest absolute Gasteiger partial charge is 0.240 e. The van der Waals surface area contributed by atoms with Gasteiger partial charge >= 0.3 is 0 Å². The summed E-state index contributed by atoms with van der Waals surface area (Å²) in [4.78, 5) is 0. The summed E-state index contributed by atoms with van der Waals surface area (Å²) in [6.07, 6.45) is 4.14. The Kier molecular flexibility index (Phi) is 3.62. The molecule has 0 atom stereocenters. The van der Waals surface area contributed by atoms with Crippen molar-refractivity contribution in [2.24, 2.45) is 0 Å². The maximum atomic E-state index is 2.40. The molecule has 0 radical (unpaired) electrons. The zero-order valence-corrected chi connectivity index (χ0v) is 10.5. The van der Waals surface area contributed by atoms with Gasteiger partial charge in [-0.3, -0.25) is 0 Å². The predicted octanol–water partition coefficient (Wildman–Crippen LogP) is 2.66. The zero-order chi connectivity index (χ0) is 11.4. The van der Waals surface area contributed by atoms with Gasteiger partial charge in [0.25, 0.3) is 0 Å². The second kappa shape index (κ2) is 4.98. The number of hydrogen-bond acceptors (Lipinski definition) is 1. The fraction of sp³-hybridized carbons (Fsp3) is 0.571. The molecule has 0 aromatic heterocycles. The average molecular weight is 219 g/mol. The second-order valence-electron chi connectivity index (χ2n) is 5.09. The van der Waals surface area contributed by atoms with E-state index in [2.05, 4.69) is 49.4 Å². The molecule has 0 N–H and O–H groups in total. The van der Waals surface area contributed by atoms with Gasteiger partial charge in [-0.2, -0.15) is 5.01 Å². The van der Waals surface area contributed by atoms with Crippen molar-refractivity contribution in [1.82, 2.24) is 5.01 Å². The molecule has 0 amide bonds. The van der Waals surface area contributed by atoms with Crippen molar-refractivity contribution in [3.63, 3.8) is 0 Å². The van der Waals surface area contributed by atoms with E-state index in [0.29, 0.717) is 0 Å². The Morgan fingerprint density at radius 1 is 1.00 bits per heavy atom. The van der Waals surface area contributed by atoms with E-state index in [-0.39, 0.29) is 0 Å². The summed E-state index contributed by atoms with van der Waals surface area (Å²) in [5, 5.41) is 2.40. The molecule has 0 aliphatic carbocycles. The normalized spacial score (nSPS) is 19.9. The van der Waals surface area contributed by atoms with Crippen LogP contribution in [0.3, 0.4) is 0 Å². The molecule has 1 fully saturated rings. The summed E-state index contributed by atoms with van der Waals surface area (Å²) in [6, 6.07) is 10.9. The summed E-state index contributed by atoms with van der Waals surface area (Å²) in [6.45, 7) is 3.73. The van der Waals surface area contributed by atoms with Gasteiger partial charge in [0, 0.05) is 19.7 Å². The molecular formula is C14H23N2+. The quantitative estimate of drug-likeness (QED) is 0.706. The van der Waals surface area contributed by atoms with Crippen molar-refractivity contribution >= 4 is 0 Å². The van der Waals surface area contributed by atoms with Gasteiger partial charge in [-0.05, 0) is 19.3 Å². The van der Waals surface area contributed by atoms with E-state index < -0.39 is 0 Å². The highest BCUT2D eigenvalue weighted by atomic mass is 15.7. The van der Waals surface area contributed by atoms with E-state index in [9.17, 15) is 0 Å². The highest BCUT2D eigenvalue weighted by molar-refractivity contribution is 5.13. The van der Waals surface area contributed by atoms with Crippen LogP contribution in [0.2, 0.25) is 0 Å². The number of piperidine rings is 1. The molecule has 0 spiro atoms. The van der Waals surface area contributed by atoms with Crippen LogP contribution in [-0.2, 0) is 6.54 Å². The molecule has 1 aromatic carbocycles. The summed E-state index contributed by atoms with van der Waals surface area (Å²) >= 11 is 0. The molecule has 2 heteroatoms. The number of quaternary nitrogens is 1. The summed E-state index contributed by atoms with van der Waals surface area (Å²) < 4.78 is 1.13.